The molecule has 9 heteroatoms. The zero-order chi connectivity index (χ0) is 23.3. The Bertz CT molecular complexity index is 1260. The predicted octanol–water partition coefficient (Wildman–Crippen LogP) is 5.00. The largest absolute Gasteiger partial charge is 0.457 e. The number of ether oxygens (including phenoxy) is 1. The van der Waals surface area contributed by atoms with E-state index < -0.39 is 11.7 Å². The number of carbonyl (C=O) groups excluding carboxylic acids is 1. The fourth-order valence-electron chi connectivity index (χ4n) is 4.63. The zero-order valence-corrected chi connectivity index (χ0v) is 17.8. The van der Waals surface area contributed by atoms with Crippen LogP contribution in [-0.4, -0.2) is 33.2 Å². The number of rotatable bonds is 4. The maximum Gasteiger partial charge on any atom is 0.416 e. The van der Waals surface area contributed by atoms with Crippen molar-refractivity contribution in [3.63, 3.8) is 0 Å². The van der Waals surface area contributed by atoms with E-state index in [0.717, 1.165) is 35.0 Å². The number of nitrogens with zero attached hydrogens (tertiary/aromatic N) is 4. The number of amides is 1. The molecule has 0 bridgehead atoms. The lowest BCUT2D eigenvalue weighted by Crippen LogP contribution is -2.35. The Hall–Kier alpha value is -3.54. The molecule has 0 unspecified atom stereocenters. The van der Waals surface area contributed by atoms with Gasteiger partial charge in [0.05, 0.1) is 17.1 Å². The van der Waals surface area contributed by atoms with Crippen LogP contribution in [0.2, 0.25) is 0 Å². The van der Waals surface area contributed by atoms with Crippen molar-refractivity contribution in [2.75, 3.05) is 6.54 Å². The van der Waals surface area contributed by atoms with Crippen molar-refractivity contribution in [3.8, 4) is 17.6 Å². The molecule has 0 N–H and O–H groups in total. The number of aryl methyl sites for hydroxylation is 1. The molecule has 1 saturated heterocycles. The van der Waals surface area contributed by atoms with Crippen molar-refractivity contribution < 1.29 is 22.7 Å². The molecule has 2 heterocycles. The van der Waals surface area contributed by atoms with Crippen LogP contribution in [0.1, 0.15) is 36.3 Å². The lowest BCUT2D eigenvalue weighted by molar-refractivity contribution is -0.137. The van der Waals surface area contributed by atoms with E-state index in [-0.39, 0.29) is 29.5 Å². The van der Waals surface area contributed by atoms with E-state index in [1.54, 1.807) is 22.7 Å². The molecule has 1 aliphatic heterocycles. The van der Waals surface area contributed by atoms with E-state index in [0.29, 0.717) is 25.1 Å². The SMILES string of the molecule is Cn1cc2cc(Oc3ccc(C(F)(F)F)cc3)cc([C@@H]3C[C@H]3C(=O)N3CCC[C@H]3C#N)c2n1. The number of likely N-dealkylation sites (tertiary alicyclic amines) is 1. The molecular formula is C24H21F3N4O2. The lowest BCUT2D eigenvalue weighted by Gasteiger charge is -2.19. The normalized spacial score (nSPS) is 22.4. The van der Waals surface area contributed by atoms with Crippen molar-refractivity contribution in [2.24, 2.45) is 13.0 Å². The molecule has 33 heavy (non-hydrogen) atoms. The van der Waals surface area contributed by atoms with Crippen LogP contribution in [0.15, 0.2) is 42.6 Å². The highest BCUT2D eigenvalue weighted by atomic mass is 19.4. The van der Waals surface area contributed by atoms with Gasteiger partial charge in [0.25, 0.3) is 0 Å². The molecule has 3 atom stereocenters. The Morgan fingerprint density at radius 3 is 2.67 bits per heavy atom. The lowest BCUT2D eigenvalue weighted by atomic mass is 10.0. The number of hydrogen-bond donors (Lipinski definition) is 0. The van der Waals surface area contributed by atoms with Crippen LogP contribution in [0.3, 0.4) is 0 Å². The monoisotopic (exact) mass is 454 g/mol. The van der Waals surface area contributed by atoms with Gasteiger partial charge >= 0.3 is 6.18 Å². The molecular weight excluding hydrogens is 433 g/mol. The summed E-state index contributed by atoms with van der Waals surface area (Å²) < 4.78 is 46.1. The van der Waals surface area contributed by atoms with E-state index in [2.05, 4.69) is 11.2 Å². The first kappa shape index (κ1) is 21.3. The number of carbonyl (C=O) groups is 1. The first-order valence-corrected chi connectivity index (χ1v) is 10.8. The first-order valence-electron chi connectivity index (χ1n) is 10.8. The van der Waals surface area contributed by atoms with E-state index in [9.17, 15) is 23.2 Å². The van der Waals surface area contributed by atoms with E-state index in [1.807, 2.05) is 12.3 Å². The summed E-state index contributed by atoms with van der Waals surface area (Å²) in [6, 6.07) is 10.00. The van der Waals surface area contributed by atoms with Crippen LogP contribution in [-0.2, 0) is 18.0 Å². The molecule has 0 radical (unpaired) electrons. The van der Waals surface area contributed by atoms with Gasteiger partial charge in [0.1, 0.15) is 17.5 Å². The number of benzene rings is 2. The van der Waals surface area contributed by atoms with Gasteiger partial charge in [-0.05, 0) is 67.1 Å². The van der Waals surface area contributed by atoms with Gasteiger partial charge in [-0.15, -0.1) is 0 Å². The summed E-state index contributed by atoms with van der Waals surface area (Å²) in [5.74, 6) is 0.521. The third-order valence-electron chi connectivity index (χ3n) is 6.34. The van der Waals surface area contributed by atoms with E-state index >= 15 is 0 Å². The second-order valence-electron chi connectivity index (χ2n) is 8.64. The first-order chi connectivity index (χ1) is 15.7. The highest BCUT2D eigenvalue weighted by molar-refractivity contribution is 5.88. The Morgan fingerprint density at radius 1 is 1.21 bits per heavy atom. The minimum Gasteiger partial charge on any atom is -0.457 e. The summed E-state index contributed by atoms with van der Waals surface area (Å²) in [5, 5.41) is 14.7. The van der Waals surface area contributed by atoms with Crippen molar-refractivity contribution in [2.45, 2.75) is 37.4 Å². The summed E-state index contributed by atoms with van der Waals surface area (Å²) in [6.07, 6.45) is -0.358. The molecule has 1 amide bonds. The second-order valence-corrected chi connectivity index (χ2v) is 8.64. The Morgan fingerprint density at radius 2 is 1.97 bits per heavy atom. The molecule has 5 rings (SSSR count). The Kier molecular flexibility index (Phi) is 5.04. The van der Waals surface area contributed by atoms with Crippen LogP contribution < -0.4 is 4.74 Å². The third-order valence-corrected chi connectivity index (χ3v) is 6.34. The number of alkyl halides is 3. The summed E-state index contributed by atoms with van der Waals surface area (Å²) in [7, 11) is 1.80. The Labute approximate surface area is 188 Å². The number of nitriles is 1. The van der Waals surface area contributed by atoms with Gasteiger partial charge in [-0.25, -0.2) is 0 Å². The van der Waals surface area contributed by atoms with Crippen LogP contribution in [0.25, 0.3) is 10.9 Å². The maximum absolute atomic E-state index is 13.0. The van der Waals surface area contributed by atoms with Crippen molar-refractivity contribution >= 4 is 16.8 Å². The average molecular weight is 454 g/mol. The summed E-state index contributed by atoms with van der Waals surface area (Å²) in [4.78, 5) is 14.7. The molecule has 2 aliphatic rings. The van der Waals surface area contributed by atoms with Crippen LogP contribution in [0.4, 0.5) is 13.2 Å². The molecule has 1 saturated carbocycles. The number of aromatic nitrogens is 2. The summed E-state index contributed by atoms with van der Waals surface area (Å²) >= 11 is 0. The van der Waals surface area contributed by atoms with Crippen molar-refractivity contribution in [1.29, 1.82) is 5.26 Å². The molecule has 3 aromatic rings. The number of halogens is 3. The number of hydrogen-bond acceptors (Lipinski definition) is 4. The van der Waals surface area contributed by atoms with Crippen LogP contribution in [0, 0.1) is 17.2 Å². The highest BCUT2D eigenvalue weighted by Crippen LogP contribution is 2.51. The van der Waals surface area contributed by atoms with Crippen molar-refractivity contribution in [3.05, 3.63) is 53.7 Å². The van der Waals surface area contributed by atoms with Crippen LogP contribution in [0.5, 0.6) is 11.5 Å². The zero-order valence-electron chi connectivity index (χ0n) is 17.8. The van der Waals surface area contributed by atoms with Crippen LogP contribution >= 0.6 is 0 Å². The second kappa shape index (κ2) is 7.80. The van der Waals surface area contributed by atoms with Gasteiger partial charge in [0, 0.05) is 31.1 Å². The van der Waals surface area contributed by atoms with Crippen molar-refractivity contribution in [1.82, 2.24) is 14.7 Å². The minimum absolute atomic E-state index is 0.00203. The minimum atomic E-state index is -4.41. The smallest absolute Gasteiger partial charge is 0.416 e. The van der Waals surface area contributed by atoms with Gasteiger partial charge < -0.3 is 9.64 Å². The fourth-order valence-corrected chi connectivity index (χ4v) is 4.63. The fraction of sp³-hybridized carbons (Fsp3) is 0.375. The predicted molar refractivity (Wildman–Crippen MR) is 113 cm³/mol. The average Bonchev–Trinajstić information content (AvgIpc) is 3.25. The van der Waals surface area contributed by atoms with E-state index in [4.69, 9.17) is 4.74 Å². The molecule has 6 nitrogen and oxygen atoms in total. The summed E-state index contributed by atoms with van der Waals surface area (Å²) in [6.45, 7) is 0.607. The van der Waals surface area contributed by atoms with E-state index in [1.165, 1.54) is 12.1 Å². The Balaban J connectivity index is 1.42. The molecule has 0 spiro atoms. The van der Waals surface area contributed by atoms with Gasteiger partial charge in [0.15, 0.2) is 0 Å². The van der Waals surface area contributed by atoms with Gasteiger partial charge in [-0.2, -0.15) is 23.5 Å². The van der Waals surface area contributed by atoms with Gasteiger partial charge in [-0.1, -0.05) is 0 Å². The molecule has 1 aliphatic carbocycles. The van der Waals surface area contributed by atoms with Gasteiger partial charge in [0.2, 0.25) is 5.91 Å². The molecule has 170 valence electrons. The topological polar surface area (TPSA) is 71.2 Å². The number of fused-ring (bicyclic) bond motifs is 1. The van der Waals surface area contributed by atoms with Gasteiger partial charge in [-0.3, -0.25) is 9.48 Å². The standard InChI is InChI=1S/C24H21F3N4O2/c1-30-13-14-9-18(33-17-6-4-15(5-7-17)24(25,26)27)10-20(22(14)29-30)19-11-21(19)23(32)31-8-2-3-16(31)12-28/h4-7,9-10,13,16,19,21H,2-3,8,11H2,1H3/t16-,19-,21+/m0/s1. The molecule has 2 aromatic carbocycles. The molecule has 1 aromatic heterocycles. The summed E-state index contributed by atoms with van der Waals surface area (Å²) in [5.41, 5.74) is 0.909. The maximum atomic E-state index is 13.0. The third kappa shape index (κ3) is 4.01. The highest BCUT2D eigenvalue weighted by Gasteiger charge is 2.48. The quantitative estimate of drug-likeness (QED) is 0.556. The molecule has 2 fully saturated rings.